The lowest BCUT2D eigenvalue weighted by Gasteiger charge is -2.25. The Morgan fingerprint density at radius 2 is 1.70 bits per heavy atom. The molecule has 164 valence electrons. The molecule has 0 saturated heterocycles. The molecule has 0 aromatic heterocycles. The molecule has 0 unspecified atom stereocenters. The number of rotatable bonds is 8. The number of hydrogen-bond donors (Lipinski definition) is 1. The number of alkyl halides is 3. The molecule has 0 radical (unpaired) electrons. The van der Waals surface area contributed by atoms with Crippen LogP contribution in [0.1, 0.15) is 11.1 Å². The SMILES string of the molecule is Cc1ccc(S(=O)(=O)N(CC(=O)NCCN(C)C)c2cccc(C(F)(F)F)c2)cc1. The number of likely N-dealkylation sites (N-methyl/N-ethyl adjacent to an activating group) is 1. The number of carbonyl (C=O) groups is 1. The quantitative estimate of drug-likeness (QED) is 0.681. The second kappa shape index (κ2) is 9.48. The summed E-state index contributed by atoms with van der Waals surface area (Å²) in [5, 5.41) is 2.58. The predicted octanol–water partition coefficient (Wildman–Crippen LogP) is 2.89. The van der Waals surface area contributed by atoms with E-state index in [1.54, 1.807) is 19.1 Å². The van der Waals surface area contributed by atoms with Crippen LogP contribution in [0.5, 0.6) is 0 Å². The average molecular weight is 443 g/mol. The van der Waals surface area contributed by atoms with Gasteiger partial charge in [0.1, 0.15) is 6.54 Å². The van der Waals surface area contributed by atoms with Gasteiger partial charge in [0.25, 0.3) is 10.0 Å². The summed E-state index contributed by atoms with van der Waals surface area (Å²) >= 11 is 0. The number of sulfonamides is 1. The van der Waals surface area contributed by atoms with Gasteiger partial charge in [-0.25, -0.2) is 8.42 Å². The number of anilines is 1. The van der Waals surface area contributed by atoms with Gasteiger partial charge in [-0.3, -0.25) is 9.10 Å². The molecule has 1 N–H and O–H groups in total. The first kappa shape index (κ1) is 23.7. The van der Waals surface area contributed by atoms with Gasteiger partial charge in [-0.05, 0) is 51.4 Å². The second-order valence-corrected chi connectivity index (χ2v) is 8.89. The Hall–Kier alpha value is -2.59. The zero-order chi connectivity index (χ0) is 22.5. The Bertz CT molecular complexity index is 975. The largest absolute Gasteiger partial charge is 0.416 e. The van der Waals surface area contributed by atoms with Crippen molar-refractivity contribution in [3.63, 3.8) is 0 Å². The average Bonchev–Trinajstić information content (AvgIpc) is 2.65. The van der Waals surface area contributed by atoms with E-state index in [1.165, 1.54) is 18.2 Å². The summed E-state index contributed by atoms with van der Waals surface area (Å²) in [6.45, 7) is 1.93. The number of carbonyl (C=O) groups excluding carboxylic acids is 1. The summed E-state index contributed by atoms with van der Waals surface area (Å²) in [4.78, 5) is 14.1. The van der Waals surface area contributed by atoms with E-state index in [1.807, 2.05) is 19.0 Å². The first-order valence-corrected chi connectivity index (χ1v) is 10.5. The smallest absolute Gasteiger partial charge is 0.353 e. The molecule has 10 heteroatoms. The minimum absolute atomic E-state index is 0.119. The summed E-state index contributed by atoms with van der Waals surface area (Å²) in [6.07, 6.45) is -4.65. The number of nitrogens with one attached hydrogen (secondary N) is 1. The highest BCUT2D eigenvalue weighted by molar-refractivity contribution is 7.92. The molecule has 0 spiro atoms. The van der Waals surface area contributed by atoms with E-state index < -0.39 is 34.2 Å². The molecule has 0 aliphatic heterocycles. The Kier molecular flexibility index (Phi) is 7.49. The molecule has 30 heavy (non-hydrogen) atoms. The Morgan fingerprint density at radius 1 is 1.07 bits per heavy atom. The molecule has 2 rings (SSSR count). The van der Waals surface area contributed by atoms with Crippen LogP contribution in [-0.4, -0.2) is 53.0 Å². The van der Waals surface area contributed by atoms with Crippen molar-refractivity contribution in [2.24, 2.45) is 0 Å². The van der Waals surface area contributed by atoms with Gasteiger partial charge in [-0.1, -0.05) is 23.8 Å². The Morgan fingerprint density at radius 3 is 2.27 bits per heavy atom. The summed E-state index contributed by atoms with van der Waals surface area (Å²) in [6, 6.07) is 9.77. The van der Waals surface area contributed by atoms with Crippen molar-refractivity contribution in [2.45, 2.75) is 18.0 Å². The molecule has 0 saturated carbocycles. The predicted molar refractivity (Wildman–Crippen MR) is 109 cm³/mol. The maximum absolute atomic E-state index is 13.2. The zero-order valence-corrected chi connectivity index (χ0v) is 17.7. The van der Waals surface area contributed by atoms with Crippen molar-refractivity contribution < 1.29 is 26.4 Å². The minimum atomic E-state index is -4.65. The Labute approximate surface area is 174 Å². The van der Waals surface area contributed by atoms with E-state index in [0.717, 1.165) is 23.8 Å². The summed E-state index contributed by atoms with van der Waals surface area (Å²) in [5.74, 6) is -0.620. The molecule has 1 amide bonds. The standard InChI is InChI=1S/C20H24F3N3O3S/c1-15-7-9-18(10-8-15)30(28,29)26(14-19(27)24-11-12-25(2)3)17-6-4-5-16(13-17)20(21,22)23/h4-10,13H,11-12,14H2,1-3H3,(H,24,27). The zero-order valence-electron chi connectivity index (χ0n) is 16.9. The molecule has 0 atom stereocenters. The number of amides is 1. The van der Waals surface area contributed by atoms with Crippen LogP contribution in [-0.2, 0) is 21.0 Å². The fourth-order valence-corrected chi connectivity index (χ4v) is 4.01. The van der Waals surface area contributed by atoms with E-state index in [9.17, 15) is 26.4 Å². The van der Waals surface area contributed by atoms with Crippen molar-refractivity contribution in [2.75, 3.05) is 38.0 Å². The van der Waals surface area contributed by atoms with Crippen molar-refractivity contribution in [3.05, 3.63) is 59.7 Å². The van der Waals surface area contributed by atoms with Gasteiger partial charge in [0.05, 0.1) is 16.1 Å². The van der Waals surface area contributed by atoms with Crippen LogP contribution in [0.3, 0.4) is 0 Å². The number of hydrogen-bond acceptors (Lipinski definition) is 4. The Balaban J connectivity index is 2.42. The maximum Gasteiger partial charge on any atom is 0.416 e. The molecule has 2 aromatic rings. The van der Waals surface area contributed by atoms with Crippen LogP contribution in [0.2, 0.25) is 0 Å². The van der Waals surface area contributed by atoms with Crippen molar-refractivity contribution in [1.82, 2.24) is 10.2 Å². The first-order chi connectivity index (χ1) is 13.9. The van der Waals surface area contributed by atoms with E-state index in [4.69, 9.17) is 0 Å². The molecule has 0 aliphatic rings. The monoisotopic (exact) mass is 443 g/mol. The van der Waals surface area contributed by atoms with Crippen molar-refractivity contribution >= 4 is 21.6 Å². The number of aryl methyl sites for hydroxylation is 1. The van der Waals surface area contributed by atoms with Crippen molar-refractivity contribution in [1.29, 1.82) is 0 Å². The second-order valence-electron chi connectivity index (χ2n) is 7.03. The third-order valence-electron chi connectivity index (χ3n) is 4.24. The molecule has 0 heterocycles. The van der Waals surface area contributed by atoms with Crippen LogP contribution >= 0.6 is 0 Å². The summed E-state index contributed by atoms with van der Waals surface area (Å²) in [5.41, 5.74) is -0.425. The van der Waals surface area contributed by atoms with Gasteiger partial charge < -0.3 is 10.2 Å². The molecule has 6 nitrogen and oxygen atoms in total. The number of benzene rings is 2. The lowest BCUT2D eigenvalue weighted by atomic mass is 10.2. The fourth-order valence-electron chi connectivity index (χ4n) is 2.60. The van der Waals surface area contributed by atoms with E-state index >= 15 is 0 Å². The normalized spacial score (nSPS) is 12.1. The van der Waals surface area contributed by atoms with E-state index in [-0.39, 0.29) is 17.1 Å². The van der Waals surface area contributed by atoms with Crippen LogP contribution in [0.4, 0.5) is 18.9 Å². The van der Waals surface area contributed by atoms with E-state index in [2.05, 4.69) is 5.32 Å². The molecular formula is C20H24F3N3O3S. The van der Waals surface area contributed by atoms with Gasteiger partial charge >= 0.3 is 6.18 Å². The highest BCUT2D eigenvalue weighted by atomic mass is 32.2. The third-order valence-corrected chi connectivity index (χ3v) is 6.03. The molecule has 0 fully saturated rings. The lowest BCUT2D eigenvalue weighted by Crippen LogP contribution is -2.42. The van der Waals surface area contributed by atoms with Crippen molar-refractivity contribution in [3.8, 4) is 0 Å². The van der Waals surface area contributed by atoms with Gasteiger partial charge in [0.15, 0.2) is 0 Å². The van der Waals surface area contributed by atoms with Gasteiger partial charge in [-0.15, -0.1) is 0 Å². The highest BCUT2D eigenvalue weighted by Gasteiger charge is 2.33. The highest BCUT2D eigenvalue weighted by Crippen LogP contribution is 2.33. The number of nitrogens with zero attached hydrogens (tertiary/aromatic N) is 2. The van der Waals surface area contributed by atoms with Crippen LogP contribution < -0.4 is 9.62 Å². The maximum atomic E-state index is 13.2. The topological polar surface area (TPSA) is 69.7 Å². The van der Waals surface area contributed by atoms with Crippen LogP contribution in [0.15, 0.2) is 53.4 Å². The molecule has 0 bridgehead atoms. The fraction of sp³-hybridized carbons (Fsp3) is 0.350. The van der Waals surface area contributed by atoms with Gasteiger partial charge in [0, 0.05) is 13.1 Å². The van der Waals surface area contributed by atoms with Gasteiger partial charge in [-0.2, -0.15) is 13.2 Å². The summed E-state index contributed by atoms with van der Waals surface area (Å²) in [7, 11) is -0.658. The first-order valence-electron chi connectivity index (χ1n) is 9.09. The van der Waals surface area contributed by atoms with Crippen LogP contribution in [0, 0.1) is 6.92 Å². The summed E-state index contributed by atoms with van der Waals surface area (Å²) < 4.78 is 66.5. The minimum Gasteiger partial charge on any atom is -0.353 e. The third kappa shape index (κ3) is 6.20. The van der Waals surface area contributed by atoms with Gasteiger partial charge in [0.2, 0.25) is 5.91 Å². The van der Waals surface area contributed by atoms with E-state index in [0.29, 0.717) is 10.8 Å². The number of halogens is 3. The lowest BCUT2D eigenvalue weighted by molar-refractivity contribution is -0.137. The van der Waals surface area contributed by atoms with Crippen LogP contribution in [0.25, 0.3) is 0 Å². The molecule has 2 aromatic carbocycles. The molecular weight excluding hydrogens is 419 g/mol. The molecule has 0 aliphatic carbocycles.